The van der Waals surface area contributed by atoms with Crippen LogP contribution in [-0.2, 0) is 13.1 Å². The van der Waals surface area contributed by atoms with Crippen LogP contribution in [0.3, 0.4) is 0 Å². The summed E-state index contributed by atoms with van der Waals surface area (Å²) in [4.78, 5) is 0. The molecule has 0 aliphatic carbocycles. The van der Waals surface area contributed by atoms with Crippen LogP contribution in [0.5, 0.6) is 0 Å². The van der Waals surface area contributed by atoms with Crippen molar-refractivity contribution in [3.05, 3.63) is 96.1 Å². The summed E-state index contributed by atoms with van der Waals surface area (Å²) in [7, 11) is 0. The highest BCUT2D eigenvalue weighted by molar-refractivity contribution is 5.86. The first kappa shape index (κ1) is 22.2. The van der Waals surface area contributed by atoms with E-state index >= 15 is 0 Å². The van der Waals surface area contributed by atoms with Crippen molar-refractivity contribution in [2.24, 2.45) is 0 Å². The van der Waals surface area contributed by atoms with Gasteiger partial charge in [0.15, 0.2) is 0 Å². The minimum Gasteiger partial charge on any atom is -1.00 e. The fraction of sp³-hybridized carbons (Fsp3) is 0.167. The van der Waals surface area contributed by atoms with E-state index in [-0.39, 0.29) is 24.8 Å². The van der Waals surface area contributed by atoms with Crippen molar-refractivity contribution < 1.29 is 35.4 Å². The molecular weight excluding hydrogens is 387 g/mol. The Morgan fingerprint density at radius 1 is 0.464 bits per heavy atom. The molecule has 2 nitrogen and oxygen atoms in total. The van der Waals surface area contributed by atoms with Crippen molar-refractivity contribution >= 4 is 21.5 Å². The lowest BCUT2D eigenvalue weighted by Crippen LogP contribution is -3.00. The molecule has 0 aliphatic rings. The number of hydrogen-bond donors (Lipinski definition) is 2. The lowest BCUT2D eigenvalue weighted by Gasteiger charge is -2.07. The molecule has 4 aromatic rings. The van der Waals surface area contributed by atoms with Gasteiger partial charge in [0.05, 0.1) is 0 Å². The predicted octanol–water partition coefficient (Wildman–Crippen LogP) is -3.17. The molecule has 0 saturated heterocycles. The van der Waals surface area contributed by atoms with Crippen molar-refractivity contribution in [1.29, 1.82) is 0 Å². The van der Waals surface area contributed by atoms with Crippen LogP contribution in [-0.4, -0.2) is 13.1 Å². The van der Waals surface area contributed by atoms with Crippen molar-refractivity contribution in [1.82, 2.24) is 0 Å². The van der Waals surface area contributed by atoms with E-state index in [9.17, 15) is 0 Å². The second-order valence-corrected chi connectivity index (χ2v) is 6.84. The van der Waals surface area contributed by atoms with Gasteiger partial charge < -0.3 is 35.4 Å². The normalized spacial score (nSPS) is 10.4. The zero-order valence-corrected chi connectivity index (χ0v) is 17.3. The summed E-state index contributed by atoms with van der Waals surface area (Å²) in [5, 5.41) is 10.3. The van der Waals surface area contributed by atoms with Crippen molar-refractivity contribution in [2.45, 2.75) is 13.1 Å². The summed E-state index contributed by atoms with van der Waals surface area (Å²) in [5.74, 6) is 0. The first-order valence-electron chi connectivity index (χ1n) is 9.48. The van der Waals surface area contributed by atoms with E-state index in [1.807, 2.05) is 0 Å². The Kier molecular flexibility index (Phi) is 8.75. The third-order valence-corrected chi connectivity index (χ3v) is 5.06. The molecular formula is C24H26Cl2N2. The molecule has 0 spiro atoms. The fourth-order valence-electron chi connectivity index (χ4n) is 3.69. The maximum Gasteiger partial charge on any atom is 0.125 e. The van der Waals surface area contributed by atoms with Gasteiger partial charge in [-0.1, -0.05) is 84.9 Å². The van der Waals surface area contributed by atoms with Crippen LogP contribution in [0.4, 0.5) is 0 Å². The molecule has 0 amide bonds. The van der Waals surface area contributed by atoms with Crippen LogP contribution in [0.25, 0.3) is 21.5 Å². The molecule has 0 heterocycles. The molecule has 4 rings (SSSR count). The molecule has 0 fully saturated rings. The van der Waals surface area contributed by atoms with Crippen LogP contribution >= 0.6 is 0 Å². The van der Waals surface area contributed by atoms with E-state index in [4.69, 9.17) is 0 Å². The van der Waals surface area contributed by atoms with Gasteiger partial charge in [0.25, 0.3) is 0 Å². The van der Waals surface area contributed by atoms with E-state index in [1.165, 1.54) is 32.7 Å². The monoisotopic (exact) mass is 412 g/mol. The summed E-state index contributed by atoms with van der Waals surface area (Å²) < 4.78 is 0. The highest BCUT2D eigenvalue weighted by Crippen LogP contribution is 2.18. The van der Waals surface area contributed by atoms with Crippen LogP contribution in [0, 0.1) is 0 Å². The number of quaternary nitrogens is 2. The molecule has 4 N–H and O–H groups in total. The van der Waals surface area contributed by atoms with Crippen LogP contribution in [0.15, 0.2) is 84.9 Å². The van der Waals surface area contributed by atoms with Crippen molar-refractivity contribution in [2.75, 3.05) is 13.1 Å². The predicted molar refractivity (Wildman–Crippen MR) is 109 cm³/mol. The number of nitrogens with two attached hydrogens (primary N) is 2. The highest BCUT2D eigenvalue weighted by Gasteiger charge is 2.04. The Morgan fingerprint density at radius 3 is 1.32 bits per heavy atom. The van der Waals surface area contributed by atoms with Crippen molar-refractivity contribution in [3.8, 4) is 0 Å². The minimum atomic E-state index is 0. The quantitative estimate of drug-likeness (QED) is 0.300. The van der Waals surface area contributed by atoms with Gasteiger partial charge >= 0.3 is 0 Å². The summed E-state index contributed by atoms with van der Waals surface area (Å²) in [5.41, 5.74) is 2.86. The first-order valence-corrected chi connectivity index (χ1v) is 9.48. The second-order valence-electron chi connectivity index (χ2n) is 6.84. The Morgan fingerprint density at radius 2 is 0.857 bits per heavy atom. The van der Waals surface area contributed by atoms with E-state index in [2.05, 4.69) is 95.6 Å². The van der Waals surface area contributed by atoms with Crippen molar-refractivity contribution in [3.63, 3.8) is 0 Å². The Labute approximate surface area is 179 Å². The van der Waals surface area contributed by atoms with Gasteiger partial charge in [-0.2, -0.15) is 0 Å². The summed E-state index contributed by atoms with van der Waals surface area (Å²) in [6.07, 6.45) is 0. The van der Waals surface area contributed by atoms with Crippen LogP contribution < -0.4 is 35.4 Å². The molecule has 0 unspecified atom stereocenters. The molecule has 0 aliphatic heterocycles. The van der Waals surface area contributed by atoms with Gasteiger partial charge in [0, 0.05) is 11.1 Å². The number of halogens is 2. The summed E-state index contributed by atoms with van der Waals surface area (Å²) >= 11 is 0. The molecule has 0 atom stereocenters. The molecule has 0 radical (unpaired) electrons. The van der Waals surface area contributed by atoms with E-state index in [1.54, 1.807) is 0 Å². The largest absolute Gasteiger partial charge is 1.00 e. The van der Waals surface area contributed by atoms with E-state index < -0.39 is 0 Å². The smallest absolute Gasteiger partial charge is 0.125 e. The van der Waals surface area contributed by atoms with Gasteiger partial charge in [0.1, 0.15) is 26.2 Å². The van der Waals surface area contributed by atoms with Crippen LogP contribution in [0.1, 0.15) is 11.1 Å². The van der Waals surface area contributed by atoms with Crippen LogP contribution in [0.2, 0.25) is 0 Å². The Bertz CT molecular complexity index is 923. The zero-order valence-electron chi connectivity index (χ0n) is 15.8. The average Bonchev–Trinajstić information content (AvgIpc) is 2.71. The minimum absolute atomic E-state index is 0. The lowest BCUT2D eigenvalue weighted by molar-refractivity contribution is -0.738. The molecule has 0 saturated carbocycles. The Hall–Kier alpha value is -2.10. The topological polar surface area (TPSA) is 33.2 Å². The fourth-order valence-corrected chi connectivity index (χ4v) is 3.69. The lowest BCUT2D eigenvalue weighted by atomic mass is 10.0. The van der Waals surface area contributed by atoms with E-state index in [0.717, 1.165) is 26.2 Å². The third-order valence-electron chi connectivity index (χ3n) is 5.06. The van der Waals surface area contributed by atoms with Gasteiger partial charge in [-0.05, 0) is 21.5 Å². The number of rotatable bonds is 7. The second kappa shape index (κ2) is 11.0. The third kappa shape index (κ3) is 5.24. The number of hydrogen-bond acceptors (Lipinski definition) is 0. The highest BCUT2D eigenvalue weighted by atomic mass is 35.5. The molecule has 146 valence electrons. The van der Waals surface area contributed by atoms with E-state index in [0.29, 0.717) is 0 Å². The zero-order chi connectivity index (χ0) is 17.6. The molecule has 4 aromatic carbocycles. The summed E-state index contributed by atoms with van der Waals surface area (Å²) in [6.45, 7) is 4.36. The van der Waals surface area contributed by atoms with Gasteiger partial charge in [-0.3, -0.25) is 0 Å². The number of benzene rings is 4. The number of fused-ring (bicyclic) bond motifs is 2. The van der Waals surface area contributed by atoms with Gasteiger partial charge in [0.2, 0.25) is 0 Å². The van der Waals surface area contributed by atoms with Gasteiger partial charge in [-0.25, -0.2) is 0 Å². The molecule has 4 heteroatoms. The SMILES string of the molecule is [Cl-].[Cl-].c1ccc2c(C[NH2+]CC[NH2+]Cc3cccc4ccccc34)cccc2c1. The Balaban J connectivity index is 0.00000140. The molecule has 28 heavy (non-hydrogen) atoms. The average molecular weight is 413 g/mol. The first-order chi connectivity index (χ1) is 12.9. The standard InChI is InChI=1S/C24H24N2.2ClH/c1-3-13-23-19(7-1)9-5-11-21(23)17-25-15-16-26-18-22-12-6-10-20-8-2-4-14-24(20)22;;/h1-14,25-26H,15-18H2;2*1H. The maximum atomic E-state index is 2.42. The molecule has 0 aromatic heterocycles. The maximum absolute atomic E-state index is 2.42. The summed E-state index contributed by atoms with van der Waals surface area (Å²) in [6, 6.07) is 30.5. The molecule has 0 bridgehead atoms. The van der Waals surface area contributed by atoms with Gasteiger partial charge in [-0.15, -0.1) is 0 Å².